The maximum atomic E-state index is 12.0. The highest BCUT2D eigenvalue weighted by atomic mass is 35.5. The number of pyridine rings is 1. The van der Waals surface area contributed by atoms with Gasteiger partial charge in [-0.15, -0.1) is 0 Å². The number of hydrazone groups is 1. The van der Waals surface area contributed by atoms with Crippen LogP contribution in [0.15, 0.2) is 47.8 Å². The fourth-order valence-corrected chi connectivity index (χ4v) is 2.16. The Morgan fingerprint density at radius 3 is 2.61 bits per heavy atom. The average molecular weight is 352 g/mol. The van der Waals surface area contributed by atoms with Crippen molar-refractivity contribution in [2.75, 3.05) is 0 Å². The van der Waals surface area contributed by atoms with Gasteiger partial charge < -0.3 is 4.74 Å². The summed E-state index contributed by atoms with van der Waals surface area (Å²) in [4.78, 5) is 16.0. The molecule has 5 nitrogen and oxygen atoms in total. The van der Waals surface area contributed by atoms with Crippen LogP contribution in [0.4, 0.5) is 0 Å². The molecule has 0 saturated carbocycles. The van der Waals surface area contributed by atoms with Crippen molar-refractivity contribution >= 4 is 34.8 Å². The van der Waals surface area contributed by atoms with Crippen LogP contribution in [0.3, 0.4) is 0 Å². The fraction of sp³-hybridized carbons (Fsp3) is 0.188. The van der Waals surface area contributed by atoms with Crippen molar-refractivity contribution in [2.24, 2.45) is 5.10 Å². The summed E-state index contributed by atoms with van der Waals surface area (Å²) in [6.45, 7) is 3.40. The first-order valence-electron chi connectivity index (χ1n) is 6.83. The van der Waals surface area contributed by atoms with Gasteiger partial charge in [-0.05, 0) is 44.2 Å². The molecule has 1 unspecified atom stereocenters. The number of carbonyl (C=O) groups is 1. The van der Waals surface area contributed by atoms with Crippen molar-refractivity contribution in [2.45, 2.75) is 20.0 Å². The molecule has 1 heterocycles. The molecular weight excluding hydrogens is 337 g/mol. The maximum absolute atomic E-state index is 12.0. The lowest BCUT2D eigenvalue weighted by Gasteiger charge is -2.14. The molecule has 1 N–H and O–H groups in total. The van der Waals surface area contributed by atoms with Crippen molar-refractivity contribution < 1.29 is 9.53 Å². The van der Waals surface area contributed by atoms with Crippen LogP contribution in [0.2, 0.25) is 10.0 Å². The number of aromatic nitrogens is 1. The Balaban J connectivity index is 1.97. The molecule has 2 rings (SSSR count). The lowest BCUT2D eigenvalue weighted by molar-refractivity contribution is -0.127. The first-order chi connectivity index (χ1) is 11.0. The van der Waals surface area contributed by atoms with Gasteiger partial charge in [0.05, 0.1) is 10.7 Å². The molecule has 0 radical (unpaired) electrons. The van der Waals surface area contributed by atoms with Gasteiger partial charge in [0.15, 0.2) is 6.10 Å². The molecule has 0 saturated heterocycles. The summed E-state index contributed by atoms with van der Waals surface area (Å²) in [5, 5.41) is 4.89. The summed E-state index contributed by atoms with van der Waals surface area (Å²) in [6, 6.07) is 8.41. The minimum Gasteiger partial charge on any atom is -0.479 e. The van der Waals surface area contributed by atoms with Gasteiger partial charge >= 0.3 is 0 Å². The Bertz CT molecular complexity index is 721. The average Bonchev–Trinajstić information content (AvgIpc) is 2.55. The van der Waals surface area contributed by atoms with Gasteiger partial charge in [-0.3, -0.25) is 9.78 Å². The molecule has 2 aromatic rings. The smallest absolute Gasteiger partial charge is 0.280 e. The zero-order valence-corrected chi connectivity index (χ0v) is 14.1. The Labute approximate surface area is 144 Å². The first-order valence-corrected chi connectivity index (χ1v) is 7.59. The number of nitrogens with zero attached hydrogens (tertiary/aromatic N) is 2. The van der Waals surface area contributed by atoms with Gasteiger partial charge in [0, 0.05) is 23.0 Å². The molecule has 0 fully saturated rings. The Morgan fingerprint density at radius 1 is 1.26 bits per heavy atom. The predicted molar refractivity (Wildman–Crippen MR) is 91.1 cm³/mol. The highest BCUT2D eigenvalue weighted by molar-refractivity contribution is 6.35. The van der Waals surface area contributed by atoms with E-state index >= 15 is 0 Å². The molecule has 1 aromatic carbocycles. The molecule has 0 aliphatic rings. The van der Waals surface area contributed by atoms with Crippen LogP contribution in [0, 0.1) is 0 Å². The molecule has 1 aromatic heterocycles. The van der Waals surface area contributed by atoms with Gasteiger partial charge in [0.2, 0.25) is 0 Å². The third kappa shape index (κ3) is 4.94. The topological polar surface area (TPSA) is 63.6 Å². The summed E-state index contributed by atoms with van der Waals surface area (Å²) in [5.41, 5.74) is 4.00. The lowest BCUT2D eigenvalue weighted by atomic mass is 10.2. The summed E-state index contributed by atoms with van der Waals surface area (Å²) in [7, 11) is 0. The molecule has 0 aliphatic carbocycles. The number of nitrogens with one attached hydrogen (secondary N) is 1. The number of hydrogen-bond acceptors (Lipinski definition) is 4. The van der Waals surface area contributed by atoms with Crippen molar-refractivity contribution in [3.63, 3.8) is 0 Å². The molecule has 0 aliphatic heterocycles. The number of hydrogen-bond donors (Lipinski definition) is 1. The molecule has 120 valence electrons. The maximum Gasteiger partial charge on any atom is 0.280 e. The second-order valence-electron chi connectivity index (χ2n) is 4.74. The summed E-state index contributed by atoms with van der Waals surface area (Å²) in [6.07, 6.45) is 2.55. The van der Waals surface area contributed by atoms with Crippen LogP contribution in [0.5, 0.6) is 5.75 Å². The predicted octanol–water partition coefficient (Wildman–Crippen LogP) is 3.70. The summed E-state index contributed by atoms with van der Waals surface area (Å²) < 4.78 is 5.52. The Morgan fingerprint density at radius 2 is 1.96 bits per heavy atom. The highest BCUT2D eigenvalue weighted by Gasteiger charge is 2.16. The van der Waals surface area contributed by atoms with Crippen molar-refractivity contribution in [1.29, 1.82) is 0 Å². The molecular formula is C16H15Cl2N3O2. The van der Waals surface area contributed by atoms with Crippen LogP contribution >= 0.6 is 23.2 Å². The van der Waals surface area contributed by atoms with Crippen LogP contribution in [-0.2, 0) is 4.79 Å². The molecule has 0 spiro atoms. The van der Waals surface area contributed by atoms with Crippen LogP contribution in [0.25, 0.3) is 0 Å². The van der Waals surface area contributed by atoms with E-state index in [2.05, 4.69) is 15.5 Å². The molecule has 0 bridgehead atoms. The van der Waals surface area contributed by atoms with E-state index in [-0.39, 0.29) is 5.91 Å². The first kappa shape index (κ1) is 17.2. The van der Waals surface area contributed by atoms with E-state index in [1.165, 1.54) is 0 Å². The second-order valence-corrected chi connectivity index (χ2v) is 5.59. The van der Waals surface area contributed by atoms with Crippen molar-refractivity contribution in [3.05, 3.63) is 58.3 Å². The van der Waals surface area contributed by atoms with E-state index in [1.54, 1.807) is 56.6 Å². The van der Waals surface area contributed by atoms with E-state index < -0.39 is 6.10 Å². The van der Waals surface area contributed by atoms with Crippen molar-refractivity contribution in [1.82, 2.24) is 10.4 Å². The van der Waals surface area contributed by atoms with Gasteiger partial charge in [0.1, 0.15) is 5.75 Å². The molecule has 23 heavy (non-hydrogen) atoms. The SMILES string of the molecule is CC(=NNC(=O)C(C)Oc1ccc(Cl)cc1Cl)c1ccncc1. The third-order valence-electron chi connectivity index (χ3n) is 3.00. The molecule has 7 heteroatoms. The van der Waals surface area contributed by atoms with Crippen LogP contribution in [-0.4, -0.2) is 22.7 Å². The Hall–Kier alpha value is -2.11. The molecule has 1 amide bonds. The van der Waals surface area contributed by atoms with E-state index in [0.717, 1.165) is 5.56 Å². The number of rotatable bonds is 5. The van der Waals surface area contributed by atoms with Gasteiger partial charge in [-0.25, -0.2) is 5.43 Å². The number of carbonyl (C=O) groups excluding carboxylic acids is 1. The summed E-state index contributed by atoms with van der Waals surface area (Å²) >= 11 is 11.8. The van der Waals surface area contributed by atoms with Crippen molar-refractivity contribution in [3.8, 4) is 5.75 Å². The standard InChI is InChI=1S/C16H15Cl2N3O2/c1-10(12-5-7-19-8-6-12)20-21-16(22)11(2)23-15-4-3-13(17)9-14(15)18/h3-9,11H,1-2H3,(H,21,22). The van der Waals surface area contributed by atoms with E-state index in [0.29, 0.717) is 21.5 Å². The quantitative estimate of drug-likeness (QED) is 0.659. The van der Waals surface area contributed by atoms with Gasteiger partial charge in [-0.1, -0.05) is 23.2 Å². The van der Waals surface area contributed by atoms with Crippen LogP contribution in [0.1, 0.15) is 19.4 Å². The number of amides is 1. The number of halogens is 2. The minimum absolute atomic E-state index is 0.341. The van der Waals surface area contributed by atoms with Gasteiger partial charge in [-0.2, -0.15) is 5.10 Å². The minimum atomic E-state index is -0.761. The summed E-state index contributed by atoms with van der Waals surface area (Å²) in [5.74, 6) is -0.00188. The third-order valence-corrected chi connectivity index (χ3v) is 3.53. The highest BCUT2D eigenvalue weighted by Crippen LogP contribution is 2.28. The number of ether oxygens (including phenoxy) is 1. The Kier molecular flexibility index (Phi) is 5.96. The number of benzene rings is 1. The van der Waals surface area contributed by atoms with E-state index in [9.17, 15) is 4.79 Å². The zero-order chi connectivity index (χ0) is 16.8. The van der Waals surface area contributed by atoms with E-state index in [4.69, 9.17) is 27.9 Å². The monoisotopic (exact) mass is 351 g/mol. The fourth-order valence-electron chi connectivity index (χ4n) is 1.70. The second kappa shape index (κ2) is 7.94. The largest absolute Gasteiger partial charge is 0.479 e. The molecule has 1 atom stereocenters. The van der Waals surface area contributed by atoms with E-state index in [1.807, 2.05) is 0 Å². The normalized spacial score (nSPS) is 12.6. The van der Waals surface area contributed by atoms with Crippen LogP contribution < -0.4 is 10.2 Å². The lowest BCUT2D eigenvalue weighted by Crippen LogP contribution is -2.34. The zero-order valence-electron chi connectivity index (χ0n) is 12.6. The van der Waals surface area contributed by atoms with Gasteiger partial charge in [0.25, 0.3) is 5.91 Å².